The van der Waals surface area contributed by atoms with Gasteiger partial charge in [-0.05, 0) is 0 Å². The van der Waals surface area contributed by atoms with Gasteiger partial charge in [-0.2, -0.15) is 0 Å². The largest absolute Gasteiger partial charge is 0.476 e. The Morgan fingerprint density at radius 1 is 1.82 bits per heavy atom. The molecule has 0 saturated carbocycles. The smallest absolute Gasteiger partial charge is 0.360 e. The van der Waals surface area contributed by atoms with Crippen molar-refractivity contribution in [2.45, 2.75) is 13.3 Å². The van der Waals surface area contributed by atoms with Gasteiger partial charge in [-0.1, -0.05) is 6.92 Å². The summed E-state index contributed by atoms with van der Waals surface area (Å²) in [6.45, 7) is 1.80. The van der Waals surface area contributed by atoms with Crippen molar-refractivity contribution in [3.8, 4) is 0 Å². The van der Waals surface area contributed by atoms with Crippen LogP contribution in [0.25, 0.3) is 0 Å². The summed E-state index contributed by atoms with van der Waals surface area (Å²) >= 11 is 0. The van der Waals surface area contributed by atoms with Crippen LogP contribution in [0.2, 0.25) is 0 Å². The van der Waals surface area contributed by atoms with Crippen molar-refractivity contribution in [1.82, 2.24) is 4.98 Å². The molecule has 0 aliphatic carbocycles. The minimum absolute atomic E-state index is 0.130. The van der Waals surface area contributed by atoms with E-state index in [1.807, 2.05) is 0 Å². The highest BCUT2D eigenvalue weighted by molar-refractivity contribution is 5.89. The number of hydrogen-bond donors (Lipinski definition) is 2. The minimum Gasteiger partial charge on any atom is -0.476 e. The number of nitrogen functional groups attached to an aromatic ring is 1. The highest BCUT2D eigenvalue weighted by atomic mass is 16.4. The predicted molar refractivity (Wildman–Crippen MR) is 37.3 cm³/mol. The number of aromatic carboxylic acids is 1. The molecule has 1 aromatic heterocycles. The molecule has 0 radical (unpaired) electrons. The maximum Gasteiger partial charge on any atom is 0.360 e. The zero-order valence-corrected chi connectivity index (χ0v) is 6.00. The van der Waals surface area contributed by atoms with Crippen LogP contribution in [0.3, 0.4) is 0 Å². The monoisotopic (exact) mass is 156 g/mol. The Morgan fingerprint density at radius 3 is 2.73 bits per heavy atom. The highest BCUT2D eigenvalue weighted by Gasteiger charge is 2.15. The Kier molecular flexibility index (Phi) is 1.80. The summed E-state index contributed by atoms with van der Waals surface area (Å²) < 4.78 is 4.81. The van der Waals surface area contributed by atoms with Crippen molar-refractivity contribution in [1.29, 1.82) is 0 Å². The van der Waals surface area contributed by atoms with Crippen LogP contribution in [-0.4, -0.2) is 16.1 Å². The number of carboxylic acid groups (broad SMARTS) is 1. The van der Waals surface area contributed by atoms with Crippen LogP contribution in [0.1, 0.15) is 23.3 Å². The molecule has 0 unspecified atom stereocenters. The lowest BCUT2D eigenvalue weighted by atomic mass is 10.4. The van der Waals surface area contributed by atoms with Crippen molar-refractivity contribution in [3.05, 3.63) is 11.6 Å². The van der Waals surface area contributed by atoms with Gasteiger partial charge in [0.1, 0.15) is 0 Å². The molecule has 1 heterocycles. The number of carbonyl (C=O) groups is 1. The second kappa shape index (κ2) is 2.61. The fourth-order valence-corrected chi connectivity index (χ4v) is 0.682. The van der Waals surface area contributed by atoms with Crippen LogP contribution in [0, 0.1) is 0 Å². The average molecular weight is 156 g/mol. The molecule has 60 valence electrons. The summed E-state index contributed by atoms with van der Waals surface area (Å²) in [5.41, 5.74) is 5.00. The van der Waals surface area contributed by atoms with Crippen LogP contribution in [0.15, 0.2) is 4.42 Å². The zero-order valence-electron chi connectivity index (χ0n) is 6.00. The predicted octanol–water partition coefficient (Wildman–Crippen LogP) is 0.517. The molecule has 0 atom stereocenters. The van der Waals surface area contributed by atoms with Crippen LogP contribution in [0.4, 0.5) is 5.88 Å². The molecule has 0 aliphatic heterocycles. The number of aryl methyl sites for hydroxylation is 1. The Labute approximate surface area is 62.8 Å². The number of carboxylic acids is 1. The quantitative estimate of drug-likeness (QED) is 0.651. The number of nitrogens with zero attached hydrogens (tertiary/aromatic N) is 1. The number of rotatable bonds is 2. The van der Waals surface area contributed by atoms with E-state index in [0.717, 1.165) is 0 Å². The molecular formula is C6H8N2O3. The zero-order chi connectivity index (χ0) is 8.43. The van der Waals surface area contributed by atoms with Crippen LogP contribution >= 0.6 is 0 Å². The minimum atomic E-state index is -1.16. The summed E-state index contributed by atoms with van der Waals surface area (Å²) in [5.74, 6) is -0.944. The molecule has 0 fully saturated rings. The van der Waals surface area contributed by atoms with E-state index in [0.29, 0.717) is 12.3 Å². The molecule has 0 aromatic carbocycles. The molecule has 1 aromatic rings. The van der Waals surface area contributed by atoms with Gasteiger partial charge < -0.3 is 15.3 Å². The van der Waals surface area contributed by atoms with Crippen molar-refractivity contribution >= 4 is 11.9 Å². The first kappa shape index (κ1) is 7.59. The average Bonchev–Trinajstić information content (AvgIpc) is 2.30. The third kappa shape index (κ3) is 1.31. The van der Waals surface area contributed by atoms with Crippen LogP contribution in [-0.2, 0) is 6.42 Å². The molecule has 3 N–H and O–H groups in total. The number of oxazole rings is 1. The van der Waals surface area contributed by atoms with Gasteiger partial charge in [0.15, 0.2) is 5.89 Å². The lowest BCUT2D eigenvalue weighted by molar-refractivity contribution is 0.0692. The van der Waals surface area contributed by atoms with Crippen molar-refractivity contribution in [2.75, 3.05) is 5.73 Å². The second-order valence-corrected chi connectivity index (χ2v) is 1.98. The van der Waals surface area contributed by atoms with E-state index in [1.165, 1.54) is 0 Å². The Balaban J connectivity index is 3.07. The number of aromatic nitrogens is 1. The van der Waals surface area contributed by atoms with Crippen molar-refractivity contribution in [2.24, 2.45) is 0 Å². The molecule has 0 saturated heterocycles. The van der Waals surface area contributed by atoms with Gasteiger partial charge in [0.2, 0.25) is 11.6 Å². The second-order valence-electron chi connectivity index (χ2n) is 1.98. The van der Waals surface area contributed by atoms with E-state index in [1.54, 1.807) is 6.92 Å². The molecule has 5 heteroatoms. The Bertz CT molecular complexity index is 279. The normalized spacial score (nSPS) is 9.91. The van der Waals surface area contributed by atoms with Gasteiger partial charge in [-0.3, -0.25) is 0 Å². The molecule has 0 spiro atoms. The number of nitrogens with two attached hydrogens (primary N) is 1. The van der Waals surface area contributed by atoms with E-state index in [9.17, 15) is 4.79 Å². The van der Waals surface area contributed by atoms with E-state index in [2.05, 4.69) is 4.98 Å². The molecule has 5 nitrogen and oxygen atoms in total. The summed E-state index contributed by atoms with van der Waals surface area (Å²) in [7, 11) is 0. The third-order valence-electron chi connectivity index (χ3n) is 1.20. The lowest BCUT2D eigenvalue weighted by Crippen LogP contribution is -2.00. The number of anilines is 1. The summed E-state index contributed by atoms with van der Waals surface area (Å²) in [4.78, 5) is 14.0. The van der Waals surface area contributed by atoms with Crippen molar-refractivity contribution in [3.63, 3.8) is 0 Å². The van der Waals surface area contributed by atoms with Gasteiger partial charge in [-0.25, -0.2) is 9.78 Å². The first-order valence-electron chi connectivity index (χ1n) is 3.13. The number of hydrogen-bond acceptors (Lipinski definition) is 4. The first-order valence-corrected chi connectivity index (χ1v) is 3.13. The van der Waals surface area contributed by atoms with E-state index < -0.39 is 5.97 Å². The molecule has 0 amide bonds. The summed E-state index contributed by atoms with van der Waals surface area (Å²) in [6, 6.07) is 0. The fraction of sp³-hybridized carbons (Fsp3) is 0.333. The van der Waals surface area contributed by atoms with Gasteiger partial charge in [-0.15, -0.1) is 0 Å². The van der Waals surface area contributed by atoms with Crippen molar-refractivity contribution < 1.29 is 14.3 Å². The molecule has 0 bridgehead atoms. The van der Waals surface area contributed by atoms with Gasteiger partial charge in [0.25, 0.3) is 0 Å². The van der Waals surface area contributed by atoms with Gasteiger partial charge in [0, 0.05) is 6.42 Å². The van der Waals surface area contributed by atoms with E-state index >= 15 is 0 Å². The van der Waals surface area contributed by atoms with Gasteiger partial charge >= 0.3 is 5.97 Å². The standard InChI is InChI=1S/C6H8N2O3/c1-2-3-8-4(6(9)10)5(7)11-3/h2,7H2,1H3,(H,9,10). The van der Waals surface area contributed by atoms with Crippen LogP contribution < -0.4 is 5.73 Å². The third-order valence-corrected chi connectivity index (χ3v) is 1.20. The Morgan fingerprint density at radius 2 is 2.45 bits per heavy atom. The molecule has 11 heavy (non-hydrogen) atoms. The first-order chi connectivity index (χ1) is 5.15. The molecule has 1 rings (SSSR count). The Hall–Kier alpha value is -1.52. The van der Waals surface area contributed by atoms with E-state index in [-0.39, 0.29) is 11.6 Å². The highest BCUT2D eigenvalue weighted by Crippen LogP contribution is 2.12. The SMILES string of the molecule is CCc1nc(C(=O)O)c(N)o1. The molecule has 0 aliphatic rings. The summed E-state index contributed by atoms with van der Waals surface area (Å²) in [5, 5.41) is 8.47. The lowest BCUT2D eigenvalue weighted by Gasteiger charge is -1.83. The maximum absolute atomic E-state index is 10.3. The summed E-state index contributed by atoms with van der Waals surface area (Å²) in [6.07, 6.45) is 0.539. The van der Waals surface area contributed by atoms with E-state index in [4.69, 9.17) is 15.3 Å². The maximum atomic E-state index is 10.3. The topological polar surface area (TPSA) is 89.3 Å². The van der Waals surface area contributed by atoms with Gasteiger partial charge in [0.05, 0.1) is 0 Å². The molecular weight excluding hydrogens is 148 g/mol. The van der Waals surface area contributed by atoms with Crippen LogP contribution in [0.5, 0.6) is 0 Å². The fourth-order valence-electron chi connectivity index (χ4n) is 0.682.